The van der Waals surface area contributed by atoms with E-state index in [1.165, 1.54) is 4.68 Å². The lowest BCUT2D eigenvalue weighted by atomic mass is 10.1. The molecule has 1 aliphatic rings. The van der Waals surface area contributed by atoms with E-state index in [9.17, 15) is 0 Å². The monoisotopic (exact) mass is 392 g/mol. The van der Waals surface area contributed by atoms with Gasteiger partial charge in [0.15, 0.2) is 16.6 Å². The molecule has 0 spiro atoms. The maximum Gasteiger partial charge on any atom is 0.247 e. The Hall–Kier alpha value is -2.59. The van der Waals surface area contributed by atoms with Crippen LogP contribution in [0.5, 0.6) is 11.5 Å². The Morgan fingerprint density at radius 2 is 2.00 bits per heavy atom. The van der Waals surface area contributed by atoms with Crippen molar-refractivity contribution in [3.63, 3.8) is 0 Å². The number of hydrogen-bond acceptors (Lipinski definition) is 8. The van der Waals surface area contributed by atoms with E-state index in [0.717, 1.165) is 25.1 Å². The van der Waals surface area contributed by atoms with Gasteiger partial charge in [-0.3, -0.25) is 0 Å². The SMILES string of the molecule is COc1ccc(CCNC(=S)n2nc(N3CCOCC3)nc2N)cc1OC. The lowest BCUT2D eigenvalue weighted by Gasteiger charge is -2.25. The van der Waals surface area contributed by atoms with E-state index >= 15 is 0 Å². The molecule has 27 heavy (non-hydrogen) atoms. The minimum atomic E-state index is 0.264. The smallest absolute Gasteiger partial charge is 0.247 e. The van der Waals surface area contributed by atoms with Crippen LogP contribution in [0.1, 0.15) is 5.56 Å². The Balaban J connectivity index is 1.57. The normalized spacial score (nSPS) is 14.1. The van der Waals surface area contributed by atoms with Crippen LogP contribution in [0.25, 0.3) is 0 Å². The number of nitrogen functional groups attached to an aromatic ring is 1. The van der Waals surface area contributed by atoms with Crippen molar-refractivity contribution >= 4 is 29.2 Å². The van der Waals surface area contributed by atoms with Gasteiger partial charge in [-0.05, 0) is 36.3 Å². The minimum absolute atomic E-state index is 0.264. The summed E-state index contributed by atoms with van der Waals surface area (Å²) in [5.41, 5.74) is 7.08. The summed E-state index contributed by atoms with van der Waals surface area (Å²) in [5, 5.41) is 8.00. The lowest BCUT2D eigenvalue weighted by Crippen LogP contribution is -2.37. The van der Waals surface area contributed by atoms with E-state index in [0.29, 0.717) is 42.3 Å². The number of anilines is 2. The maximum atomic E-state index is 5.98. The first kappa shape index (κ1) is 19.2. The quantitative estimate of drug-likeness (QED) is 0.687. The standard InChI is InChI=1S/C17H24N6O3S/c1-24-13-4-3-12(11-14(13)25-2)5-6-19-17(27)23-15(18)20-16(21-23)22-7-9-26-10-8-22/h3-4,11H,5-10H2,1-2H3,(H,19,27)(H2,18,20,21). The molecule has 0 unspecified atom stereocenters. The first-order valence-corrected chi connectivity index (χ1v) is 9.07. The second kappa shape index (κ2) is 8.87. The van der Waals surface area contributed by atoms with Gasteiger partial charge in [0.25, 0.3) is 0 Å². The van der Waals surface area contributed by atoms with Crippen LogP contribution >= 0.6 is 12.2 Å². The van der Waals surface area contributed by atoms with E-state index < -0.39 is 0 Å². The highest BCUT2D eigenvalue weighted by Gasteiger charge is 2.18. The fraction of sp³-hybridized carbons (Fsp3) is 0.471. The number of methoxy groups -OCH3 is 2. The van der Waals surface area contributed by atoms with Crippen LogP contribution in [-0.2, 0) is 11.2 Å². The zero-order valence-electron chi connectivity index (χ0n) is 15.5. The summed E-state index contributed by atoms with van der Waals surface area (Å²) in [7, 11) is 3.24. The molecule has 1 aromatic carbocycles. The minimum Gasteiger partial charge on any atom is -0.493 e. The largest absolute Gasteiger partial charge is 0.493 e. The fourth-order valence-corrected chi connectivity index (χ4v) is 3.02. The summed E-state index contributed by atoms with van der Waals surface area (Å²) in [6.45, 7) is 3.41. The molecular weight excluding hydrogens is 368 g/mol. The van der Waals surface area contributed by atoms with Crippen molar-refractivity contribution in [1.29, 1.82) is 0 Å². The molecule has 2 heterocycles. The zero-order valence-corrected chi connectivity index (χ0v) is 16.3. The number of ether oxygens (including phenoxy) is 3. The van der Waals surface area contributed by atoms with Gasteiger partial charge >= 0.3 is 0 Å². The molecule has 1 saturated heterocycles. The van der Waals surface area contributed by atoms with Gasteiger partial charge < -0.3 is 30.2 Å². The first-order chi connectivity index (χ1) is 13.1. The van der Waals surface area contributed by atoms with Crippen LogP contribution in [0.2, 0.25) is 0 Å². The average Bonchev–Trinajstić information content (AvgIpc) is 3.10. The van der Waals surface area contributed by atoms with E-state index in [4.69, 9.17) is 32.2 Å². The fourth-order valence-electron chi connectivity index (χ4n) is 2.78. The molecule has 146 valence electrons. The van der Waals surface area contributed by atoms with Crippen molar-refractivity contribution < 1.29 is 14.2 Å². The van der Waals surface area contributed by atoms with Crippen LogP contribution < -0.4 is 25.4 Å². The van der Waals surface area contributed by atoms with Crippen molar-refractivity contribution in [2.45, 2.75) is 6.42 Å². The van der Waals surface area contributed by atoms with Gasteiger partial charge in [0.05, 0.1) is 27.4 Å². The zero-order chi connectivity index (χ0) is 19.2. The summed E-state index contributed by atoms with van der Waals surface area (Å²) in [6, 6.07) is 5.83. The number of benzene rings is 1. The molecule has 0 radical (unpaired) electrons. The third-order valence-electron chi connectivity index (χ3n) is 4.25. The molecule has 2 aromatic rings. The average molecular weight is 392 g/mol. The Morgan fingerprint density at radius 1 is 1.26 bits per heavy atom. The van der Waals surface area contributed by atoms with Gasteiger partial charge in [-0.15, -0.1) is 5.10 Å². The van der Waals surface area contributed by atoms with Gasteiger partial charge in [0.2, 0.25) is 11.9 Å². The van der Waals surface area contributed by atoms with E-state index in [1.807, 2.05) is 23.1 Å². The molecule has 1 aromatic heterocycles. The summed E-state index contributed by atoms with van der Waals surface area (Å²) in [4.78, 5) is 6.34. The van der Waals surface area contributed by atoms with Crippen molar-refractivity contribution in [1.82, 2.24) is 20.1 Å². The van der Waals surface area contributed by atoms with Crippen LogP contribution in [0.15, 0.2) is 18.2 Å². The lowest BCUT2D eigenvalue weighted by molar-refractivity contribution is 0.122. The van der Waals surface area contributed by atoms with Crippen LogP contribution in [0, 0.1) is 0 Å². The molecule has 3 rings (SSSR count). The molecular formula is C17H24N6O3S. The predicted molar refractivity (Wildman–Crippen MR) is 107 cm³/mol. The highest BCUT2D eigenvalue weighted by molar-refractivity contribution is 7.80. The van der Waals surface area contributed by atoms with Crippen LogP contribution in [0.3, 0.4) is 0 Å². The second-order valence-electron chi connectivity index (χ2n) is 5.95. The van der Waals surface area contributed by atoms with Gasteiger partial charge in [-0.25, -0.2) is 0 Å². The Morgan fingerprint density at radius 3 is 2.70 bits per heavy atom. The van der Waals surface area contributed by atoms with Crippen molar-refractivity contribution in [2.75, 3.05) is 57.7 Å². The van der Waals surface area contributed by atoms with Crippen molar-refractivity contribution in [3.8, 4) is 11.5 Å². The number of aromatic nitrogens is 3. The Bertz CT molecular complexity index is 791. The molecule has 0 atom stereocenters. The summed E-state index contributed by atoms with van der Waals surface area (Å²) < 4.78 is 17.4. The topological polar surface area (TPSA) is 99.7 Å². The molecule has 1 aliphatic heterocycles. The maximum absolute atomic E-state index is 5.98. The van der Waals surface area contributed by atoms with Crippen molar-refractivity contribution in [2.24, 2.45) is 0 Å². The summed E-state index contributed by atoms with van der Waals surface area (Å²) >= 11 is 5.41. The van der Waals surface area contributed by atoms with Crippen molar-refractivity contribution in [3.05, 3.63) is 23.8 Å². The van der Waals surface area contributed by atoms with Crippen LogP contribution in [-0.4, -0.2) is 66.9 Å². The van der Waals surface area contributed by atoms with Gasteiger partial charge in [-0.2, -0.15) is 9.67 Å². The highest BCUT2D eigenvalue weighted by atomic mass is 32.1. The number of nitrogens with one attached hydrogen (secondary N) is 1. The third-order valence-corrected chi connectivity index (χ3v) is 4.56. The predicted octanol–water partition coefficient (Wildman–Crippen LogP) is 0.679. The van der Waals surface area contributed by atoms with Gasteiger partial charge in [-0.1, -0.05) is 6.07 Å². The van der Waals surface area contributed by atoms with E-state index in [2.05, 4.69) is 15.4 Å². The number of nitrogens with two attached hydrogens (primary N) is 1. The highest BCUT2D eigenvalue weighted by Crippen LogP contribution is 2.27. The number of rotatable bonds is 6. The van der Waals surface area contributed by atoms with Gasteiger partial charge in [0, 0.05) is 19.6 Å². The number of morpholine rings is 1. The summed E-state index contributed by atoms with van der Waals surface area (Å²) in [5.74, 6) is 2.24. The molecule has 10 heteroatoms. The third kappa shape index (κ3) is 4.58. The Labute approximate surface area is 163 Å². The van der Waals surface area contributed by atoms with Gasteiger partial charge in [0.1, 0.15) is 0 Å². The summed E-state index contributed by atoms with van der Waals surface area (Å²) in [6.07, 6.45) is 0.755. The molecule has 3 N–H and O–H groups in total. The molecule has 1 fully saturated rings. The van der Waals surface area contributed by atoms with Crippen LogP contribution in [0.4, 0.5) is 11.9 Å². The Kier molecular flexibility index (Phi) is 6.30. The molecule has 0 saturated carbocycles. The van der Waals surface area contributed by atoms with E-state index in [-0.39, 0.29) is 5.95 Å². The number of nitrogens with zero attached hydrogens (tertiary/aromatic N) is 4. The first-order valence-electron chi connectivity index (χ1n) is 8.66. The molecule has 0 amide bonds. The second-order valence-corrected chi connectivity index (χ2v) is 6.34. The number of thiocarbonyl (C=S) groups is 1. The number of hydrogen-bond donors (Lipinski definition) is 2. The molecule has 0 aliphatic carbocycles. The van der Waals surface area contributed by atoms with E-state index in [1.54, 1.807) is 14.2 Å². The molecule has 9 nitrogen and oxygen atoms in total. The molecule has 0 bridgehead atoms.